The maximum Gasteiger partial charge on any atom is 0.354 e. The van der Waals surface area contributed by atoms with Gasteiger partial charge in [-0.05, 0) is 13.3 Å². The van der Waals surface area contributed by atoms with E-state index in [9.17, 15) is 9.59 Å². The predicted molar refractivity (Wildman–Crippen MR) is 66.2 cm³/mol. The van der Waals surface area contributed by atoms with Gasteiger partial charge in [-0.1, -0.05) is 35.9 Å². The standard InChI is InChI=1S/C11H18BrNO3/c1-4-6-7-13(10(14)8-12)9(3)11(15)16-5-2/h3-8H2,1-2H3. The summed E-state index contributed by atoms with van der Waals surface area (Å²) in [6.07, 6.45) is 1.78. The first-order valence-corrected chi connectivity index (χ1v) is 6.42. The summed E-state index contributed by atoms with van der Waals surface area (Å²) in [7, 11) is 0. The lowest BCUT2D eigenvalue weighted by Crippen LogP contribution is -2.35. The summed E-state index contributed by atoms with van der Waals surface area (Å²) in [5.41, 5.74) is 0.111. The number of nitrogens with zero attached hydrogens (tertiary/aromatic N) is 1. The highest BCUT2D eigenvalue weighted by molar-refractivity contribution is 9.09. The number of hydrogen-bond acceptors (Lipinski definition) is 3. The molecule has 0 atom stereocenters. The van der Waals surface area contributed by atoms with Gasteiger partial charge in [0.05, 0.1) is 11.9 Å². The molecule has 0 unspecified atom stereocenters. The highest BCUT2D eigenvalue weighted by atomic mass is 79.9. The molecule has 0 aliphatic carbocycles. The van der Waals surface area contributed by atoms with Crippen LogP contribution >= 0.6 is 15.9 Å². The normalized spacial score (nSPS) is 9.69. The highest BCUT2D eigenvalue weighted by Gasteiger charge is 2.21. The third kappa shape index (κ3) is 4.79. The molecular weight excluding hydrogens is 274 g/mol. The molecule has 0 aromatic carbocycles. The number of alkyl halides is 1. The van der Waals surface area contributed by atoms with E-state index in [2.05, 4.69) is 22.5 Å². The maximum absolute atomic E-state index is 11.6. The van der Waals surface area contributed by atoms with Crippen LogP contribution in [0.3, 0.4) is 0 Å². The van der Waals surface area contributed by atoms with Gasteiger partial charge in [0.1, 0.15) is 5.70 Å². The van der Waals surface area contributed by atoms with Gasteiger partial charge in [0.25, 0.3) is 0 Å². The van der Waals surface area contributed by atoms with Crippen molar-refractivity contribution in [3.8, 4) is 0 Å². The van der Waals surface area contributed by atoms with Gasteiger partial charge in [-0.2, -0.15) is 0 Å². The van der Waals surface area contributed by atoms with Crippen molar-refractivity contribution < 1.29 is 14.3 Å². The first kappa shape index (κ1) is 15.2. The van der Waals surface area contributed by atoms with E-state index in [1.807, 2.05) is 6.92 Å². The van der Waals surface area contributed by atoms with Gasteiger partial charge in [0.2, 0.25) is 5.91 Å². The number of halogens is 1. The van der Waals surface area contributed by atoms with Crippen LogP contribution in [0, 0.1) is 0 Å². The summed E-state index contributed by atoms with van der Waals surface area (Å²) in [5, 5.41) is 0.176. The van der Waals surface area contributed by atoms with E-state index >= 15 is 0 Å². The van der Waals surface area contributed by atoms with Gasteiger partial charge < -0.3 is 9.64 Å². The fourth-order valence-corrected chi connectivity index (χ4v) is 1.43. The fraction of sp³-hybridized carbons (Fsp3) is 0.636. The Hall–Kier alpha value is -0.840. The molecule has 0 aliphatic rings. The van der Waals surface area contributed by atoms with Gasteiger partial charge >= 0.3 is 5.97 Å². The van der Waals surface area contributed by atoms with Gasteiger partial charge in [0, 0.05) is 6.54 Å². The minimum atomic E-state index is -0.534. The number of esters is 1. The predicted octanol–water partition coefficient (Wildman–Crippen LogP) is 2.09. The fourth-order valence-electron chi connectivity index (χ4n) is 1.12. The molecule has 5 heteroatoms. The molecule has 16 heavy (non-hydrogen) atoms. The molecule has 4 nitrogen and oxygen atoms in total. The Kier molecular flexibility index (Phi) is 7.89. The van der Waals surface area contributed by atoms with Crippen molar-refractivity contribution in [1.29, 1.82) is 0 Å². The summed E-state index contributed by atoms with van der Waals surface area (Å²) >= 11 is 3.08. The van der Waals surface area contributed by atoms with Crippen LogP contribution in [0.4, 0.5) is 0 Å². The molecule has 0 saturated heterocycles. The van der Waals surface area contributed by atoms with Gasteiger partial charge in [0.15, 0.2) is 0 Å². The van der Waals surface area contributed by atoms with Crippen molar-refractivity contribution in [2.75, 3.05) is 18.5 Å². The topological polar surface area (TPSA) is 46.6 Å². The van der Waals surface area contributed by atoms with Crippen molar-refractivity contribution in [2.45, 2.75) is 26.7 Å². The van der Waals surface area contributed by atoms with Crippen molar-refractivity contribution in [3.63, 3.8) is 0 Å². The molecule has 1 amide bonds. The van der Waals surface area contributed by atoms with E-state index in [0.717, 1.165) is 12.8 Å². The van der Waals surface area contributed by atoms with Crippen LogP contribution in [0.15, 0.2) is 12.3 Å². The Morgan fingerprint density at radius 2 is 2.00 bits per heavy atom. The molecule has 0 N–H and O–H groups in total. The SMILES string of the molecule is C=C(C(=O)OCC)N(CCCC)C(=O)CBr. The van der Waals surface area contributed by atoms with Gasteiger partial charge in [-0.25, -0.2) is 4.79 Å². The molecule has 0 heterocycles. The third-order valence-corrected chi connectivity index (χ3v) is 2.47. The van der Waals surface area contributed by atoms with Crippen molar-refractivity contribution in [1.82, 2.24) is 4.90 Å². The Morgan fingerprint density at radius 3 is 2.44 bits per heavy atom. The zero-order valence-corrected chi connectivity index (χ0v) is 11.4. The number of rotatable bonds is 7. The van der Waals surface area contributed by atoms with Crippen LogP contribution in [0.25, 0.3) is 0 Å². The van der Waals surface area contributed by atoms with Crippen LogP contribution in [0.1, 0.15) is 26.7 Å². The molecule has 0 radical (unpaired) electrons. The Bertz CT molecular complexity index is 266. The molecule has 0 bridgehead atoms. The molecule has 92 valence electrons. The first-order valence-electron chi connectivity index (χ1n) is 5.30. The summed E-state index contributed by atoms with van der Waals surface area (Å²) in [6, 6.07) is 0. The molecular formula is C11H18BrNO3. The lowest BCUT2D eigenvalue weighted by molar-refractivity contribution is -0.143. The van der Waals surface area contributed by atoms with E-state index in [1.165, 1.54) is 4.90 Å². The molecule has 0 saturated carbocycles. The average Bonchev–Trinajstić information content (AvgIpc) is 2.29. The minimum Gasteiger partial charge on any atom is -0.461 e. The first-order chi connectivity index (χ1) is 7.58. The monoisotopic (exact) mass is 291 g/mol. The van der Waals surface area contributed by atoms with E-state index in [4.69, 9.17) is 4.74 Å². The van der Waals surface area contributed by atoms with E-state index in [1.54, 1.807) is 6.92 Å². The lowest BCUT2D eigenvalue weighted by Gasteiger charge is -2.22. The van der Waals surface area contributed by atoms with Crippen LogP contribution in [0.2, 0.25) is 0 Å². The van der Waals surface area contributed by atoms with Crippen LogP contribution in [0.5, 0.6) is 0 Å². The zero-order valence-electron chi connectivity index (χ0n) is 9.79. The lowest BCUT2D eigenvalue weighted by atomic mass is 10.3. The van der Waals surface area contributed by atoms with Crippen LogP contribution < -0.4 is 0 Å². The Labute approximate surface area is 105 Å². The smallest absolute Gasteiger partial charge is 0.354 e. The third-order valence-electron chi connectivity index (χ3n) is 1.99. The summed E-state index contributed by atoms with van der Waals surface area (Å²) < 4.78 is 4.81. The quantitative estimate of drug-likeness (QED) is 0.410. The molecule has 0 aromatic rings. The van der Waals surface area contributed by atoms with E-state index in [-0.39, 0.29) is 23.5 Å². The van der Waals surface area contributed by atoms with Crippen molar-refractivity contribution >= 4 is 27.8 Å². The Balaban J connectivity index is 4.55. The molecule has 0 spiro atoms. The largest absolute Gasteiger partial charge is 0.461 e. The number of hydrogen-bond donors (Lipinski definition) is 0. The zero-order chi connectivity index (χ0) is 12.6. The number of carbonyl (C=O) groups excluding carboxylic acids is 2. The number of carbonyl (C=O) groups is 2. The number of ether oxygens (including phenoxy) is 1. The van der Waals surface area contributed by atoms with Crippen LogP contribution in [-0.2, 0) is 14.3 Å². The second-order valence-corrected chi connectivity index (χ2v) is 3.76. The molecule has 0 aliphatic heterocycles. The summed E-state index contributed by atoms with van der Waals surface area (Å²) in [5.74, 6) is -0.709. The Morgan fingerprint density at radius 1 is 1.38 bits per heavy atom. The number of unbranched alkanes of at least 4 members (excludes halogenated alkanes) is 1. The second-order valence-electron chi connectivity index (χ2n) is 3.20. The van der Waals surface area contributed by atoms with Crippen molar-refractivity contribution in [3.05, 3.63) is 12.3 Å². The van der Waals surface area contributed by atoms with Gasteiger partial charge in [-0.3, -0.25) is 4.79 Å². The summed E-state index contributed by atoms with van der Waals surface area (Å²) in [4.78, 5) is 24.4. The number of amides is 1. The van der Waals surface area contributed by atoms with E-state index < -0.39 is 5.97 Å². The minimum absolute atomic E-state index is 0.111. The van der Waals surface area contributed by atoms with E-state index in [0.29, 0.717) is 6.54 Å². The average molecular weight is 292 g/mol. The molecule has 0 fully saturated rings. The highest BCUT2D eigenvalue weighted by Crippen LogP contribution is 2.08. The van der Waals surface area contributed by atoms with Crippen LogP contribution in [-0.4, -0.2) is 35.3 Å². The van der Waals surface area contributed by atoms with Gasteiger partial charge in [-0.15, -0.1) is 0 Å². The van der Waals surface area contributed by atoms with Crippen molar-refractivity contribution in [2.24, 2.45) is 0 Å². The second kappa shape index (κ2) is 8.33. The molecule has 0 rings (SSSR count). The maximum atomic E-state index is 11.6. The molecule has 0 aromatic heterocycles. The summed E-state index contributed by atoms with van der Waals surface area (Å²) in [6.45, 7) is 8.12.